The van der Waals surface area contributed by atoms with Crippen molar-refractivity contribution in [2.45, 2.75) is 53.0 Å². The number of carbonyl (C=O) groups is 2. The van der Waals surface area contributed by atoms with Gasteiger partial charge in [-0.3, -0.25) is 4.79 Å². The van der Waals surface area contributed by atoms with Gasteiger partial charge in [0.1, 0.15) is 0 Å². The number of rotatable bonds is 7. The predicted molar refractivity (Wildman–Crippen MR) is 147 cm³/mol. The maximum absolute atomic E-state index is 13.3. The van der Waals surface area contributed by atoms with E-state index in [1.54, 1.807) is 21.3 Å². The van der Waals surface area contributed by atoms with Crippen LogP contribution < -0.4 is 19.5 Å². The normalized spacial score (nSPS) is 21.9. The third-order valence-electron chi connectivity index (χ3n) is 7.83. The zero-order chi connectivity index (χ0) is 27.8. The molecule has 38 heavy (non-hydrogen) atoms. The first-order valence-corrected chi connectivity index (χ1v) is 12.9. The highest BCUT2D eigenvalue weighted by molar-refractivity contribution is 5.97. The predicted octanol–water partition coefficient (Wildman–Crippen LogP) is 5.26. The fourth-order valence-electron chi connectivity index (χ4n) is 5.84. The van der Waals surface area contributed by atoms with Gasteiger partial charge < -0.3 is 24.3 Å². The monoisotopic (exact) mass is 519 g/mol. The van der Waals surface area contributed by atoms with Gasteiger partial charge in [-0.15, -0.1) is 0 Å². The number of benzene rings is 1. The summed E-state index contributed by atoms with van der Waals surface area (Å²) >= 11 is 0. The number of allylic oxidation sites excluding steroid dienone is 6. The van der Waals surface area contributed by atoms with E-state index in [0.717, 1.165) is 39.0 Å². The van der Waals surface area contributed by atoms with Crippen molar-refractivity contribution < 1.29 is 28.5 Å². The Kier molecular flexibility index (Phi) is 7.58. The van der Waals surface area contributed by atoms with Crippen LogP contribution in [0.1, 0.15) is 51.7 Å². The summed E-state index contributed by atoms with van der Waals surface area (Å²) in [5.41, 5.74) is 6.58. The Morgan fingerprint density at radius 2 is 1.76 bits per heavy atom. The van der Waals surface area contributed by atoms with Crippen LogP contribution in [0.25, 0.3) is 5.57 Å². The number of esters is 1. The van der Waals surface area contributed by atoms with E-state index in [0.29, 0.717) is 42.1 Å². The lowest BCUT2D eigenvalue weighted by Crippen LogP contribution is -2.34. The van der Waals surface area contributed by atoms with Crippen molar-refractivity contribution in [1.82, 2.24) is 5.32 Å². The standard InChI is InChI=1S/C31H37NO6/c1-9-38-30(34)27-21-11-12-22-23(14-20(21)16-31(27,5)17(2)3)24(32-18(4)33)13-10-19-15-25(35-6)28(36-7)29(37-8)26(19)22/h11-12,14-15,24H,2,9-10,13,16H2,1,3-8H3,(H,32,33)/t24-,31?/m0/s1. The first-order valence-electron chi connectivity index (χ1n) is 12.9. The summed E-state index contributed by atoms with van der Waals surface area (Å²) in [5.74, 6) is 1.22. The molecule has 2 atom stereocenters. The summed E-state index contributed by atoms with van der Waals surface area (Å²) < 4.78 is 22.7. The molecule has 0 aliphatic heterocycles. The first kappa shape index (κ1) is 27.3. The molecule has 7 heteroatoms. The number of methoxy groups -OCH3 is 3. The van der Waals surface area contributed by atoms with Crippen LogP contribution in [0.2, 0.25) is 0 Å². The van der Waals surface area contributed by atoms with E-state index in [9.17, 15) is 9.59 Å². The minimum absolute atomic E-state index is 0.109. The van der Waals surface area contributed by atoms with Gasteiger partial charge in [0.15, 0.2) is 11.5 Å². The van der Waals surface area contributed by atoms with E-state index >= 15 is 0 Å². The molecule has 0 heterocycles. The maximum Gasteiger partial charge on any atom is 0.335 e. The summed E-state index contributed by atoms with van der Waals surface area (Å²) in [5, 5.41) is 3.15. The maximum atomic E-state index is 13.3. The Bertz CT molecular complexity index is 1330. The van der Waals surface area contributed by atoms with Crippen molar-refractivity contribution in [1.29, 1.82) is 0 Å². The fraction of sp³-hybridized carbons (Fsp3) is 0.419. The Morgan fingerprint density at radius 1 is 1.08 bits per heavy atom. The van der Waals surface area contributed by atoms with Crippen molar-refractivity contribution in [2.24, 2.45) is 5.41 Å². The highest BCUT2D eigenvalue weighted by Gasteiger charge is 2.45. The number of amides is 1. The van der Waals surface area contributed by atoms with Crippen LogP contribution in [0.15, 0.2) is 58.7 Å². The third-order valence-corrected chi connectivity index (χ3v) is 7.83. The fourth-order valence-corrected chi connectivity index (χ4v) is 5.84. The van der Waals surface area contributed by atoms with Gasteiger partial charge in [-0.2, -0.15) is 0 Å². The molecule has 0 radical (unpaired) electrons. The largest absolute Gasteiger partial charge is 0.493 e. The highest BCUT2D eigenvalue weighted by Crippen LogP contribution is 2.54. The quantitative estimate of drug-likeness (QED) is 0.391. The lowest BCUT2D eigenvalue weighted by Gasteiger charge is -2.27. The van der Waals surface area contributed by atoms with Crippen LogP contribution in [0.3, 0.4) is 0 Å². The van der Waals surface area contributed by atoms with Crippen LogP contribution in [0.5, 0.6) is 17.2 Å². The van der Waals surface area contributed by atoms with Gasteiger partial charge in [0.25, 0.3) is 0 Å². The van der Waals surface area contributed by atoms with Gasteiger partial charge in [0.05, 0.1) is 39.6 Å². The molecule has 7 nitrogen and oxygen atoms in total. The van der Waals surface area contributed by atoms with Crippen LogP contribution in [0.4, 0.5) is 0 Å². The second-order valence-electron chi connectivity index (χ2n) is 10.1. The summed E-state index contributed by atoms with van der Waals surface area (Å²) in [6.45, 7) is 11.8. The smallest absolute Gasteiger partial charge is 0.335 e. The molecule has 3 aliphatic rings. The average molecular weight is 520 g/mol. The summed E-state index contributed by atoms with van der Waals surface area (Å²) in [4.78, 5) is 25.6. The number of ether oxygens (including phenoxy) is 4. The molecule has 202 valence electrons. The van der Waals surface area contributed by atoms with Crippen molar-refractivity contribution in [3.05, 3.63) is 69.9 Å². The number of hydrogen-bond donors (Lipinski definition) is 1. The Morgan fingerprint density at radius 3 is 2.34 bits per heavy atom. The molecule has 0 saturated carbocycles. The molecule has 1 N–H and O–H groups in total. The van der Waals surface area contributed by atoms with Crippen molar-refractivity contribution in [3.8, 4) is 17.2 Å². The summed E-state index contributed by atoms with van der Waals surface area (Å²) in [6, 6.07) is 1.74. The number of nitrogens with one attached hydrogen (secondary N) is 1. The van der Waals surface area contributed by atoms with Gasteiger partial charge in [0, 0.05) is 17.9 Å². The van der Waals surface area contributed by atoms with Crippen LogP contribution in [-0.4, -0.2) is 45.9 Å². The number of hydrogen-bond acceptors (Lipinski definition) is 6. The molecule has 0 spiro atoms. The molecule has 0 aromatic heterocycles. The molecule has 4 rings (SSSR count). The third kappa shape index (κ3) is 4.44. The zero-order valence-electron chi connectivity index (χ0n) is 23.4. The average Bonchev–Trinajstić information content (AvgIpc) is 2.96. The molecule has 0 saturated heterocycles. The lowest BCUT2D eigenvalue weighted by atomic mass is 9.76. The van der Waals surface area contributed by atoms with E-state index in [4.69, 9.17) is 18.9 Å². The zero-order valence-corrected chi connectivity index (χ0v) is 23.4. The van der Waals surface area contributed by atoms with Crippen molar-refractivity contribution in [2.75, 3.05) is 27.9 Å². The summed E-state index contributed by atoms with van der Waals surface area (Å²) in [6.07, 6.45) is 8.12. The highest BCUT2D eigenvalue weighted by atomic mass is 16.5. The van der Waals surface area contributed by atoms with Gasteiger partial charge >= 0.3 is 5.97 Å². The van der Waals surface area contributed by atoms with E-state index < -0.39 is 5.41 Å². The van der Waals surface area contributed by atoms with Gasteiger partial charge in [-0.1, -0.05) is 37.3 Å². The van der Waals surface area contributed by atoms with Crippen molar-refractivity contribution >= 4 is 17.4 Å². The Balaban J connectivity index is 2.04. The summed E-state index contributed by atoms with van der Waals surface area (Å²) in [7, 11) is 4.80. The molecule has 1 aromatic carbocycles. The molecule has 1 aromatic rings. The van der Waals surface area contributed by atoms with Crippen molar-refractivity contribution in [3.63, 3.8) is 0 Å². The Hall–Kier alpha value is -3.74. The van der Waals surface area contributed by atoms with E-state index in [2.05, 4.69) is 18.0 Å². The van der Waals surface area contributed by atoms with Crippen LogP contribution in [0, 0.1) is 5.41 Å². The molecule has 1 amide bonds. The number of carbonyl (C=O) groups excluding carboxylic acids is 2. The van der Waals surface area contributed by atoms with Gasteiger partial charge in [-0.05, 0) is 67.0 Å². The lowest BCUT2D eigenvalue weighted by molar-refractivity contribution is -0.139. The number of fused-ring (bicyclic) bond motifs is 3. The van der Waals surface area contributed by atoms with E-state index in [1.807, 2.05) is 39.0 Å². The molecular formula is C31H37NO6. The molecule has 0 fully saturated rings. The second-order valence-corrected chi connectivity index (χ2v) is 10.1. The number of aryl methyl sites for hydroxylation is 1. The molecule has 1 unspecified atom stereocenters. The van der Waals surface area contributed by atoms with E-state index in [-0.39, 0.29) is 24.5 Å². The minimum Gasteiger partial charge on any atom is -0.493 e. The molecule has 3 aliphatic carbocycles. The van der Waals surface area contributed by atoms with Crippen LogP contribution >= 0.6 is 0 Å². The topological polar surface area (TPSA) is 83.1 Å². The Labute approximate surface area is 224 Å². The first-order chi connectivity index (χ1) is 18.1. The minimum atomic E-state index is -0.559. The molecule has 0 bridgehead atoms. The van der Waals surface area contributed by atoms with Gasteiger partial charge in [-0.25, -0.2) is 4.79 Å². The van der Waals surface area contributed by atoms with E-state index in [1.165, 1.54) is 6.92 Å². The van der Waals surface area contributed by atoms with Gasteiger partial charge in [0.2, 0.25) is 11.7 Å². The second kappa shape index (κ2) is 10.6. The SMILES string of the molecule is C=C(C)C1(C)CC2=CC3=C(C=CC2=C1C(=O)OCC)c1c(cc(OC)c(OC)c1OC)CC[C@@H]3NC(C)=O. The van der Waals surface area contributed by atoms with Crippen LogP contribution in [-0.2, 0) is 20.7 Å². The molecular weight excluding hydrogens is 482 g/mol.